The van der Waals surface area contributed by atoms with Gasteiger partial charge in [-0.15, -0.1) is 54.1 Å². The molecule has 0 aliphatic heterocycles. The van der Waals surface area contributed by atoms with Crippen LogP contribution in [0.5, 0.6) is 0 Å². The van der Waals surface area contributed by atoms with Crippen LogP contribution >= 0.6 is 0 Å². The fourth-order valence-electron chi connectivity index (χ4n) is 4.12. The Kier molecular flexibility index (Phi) is 9.19. The molecule has 2 heterocycles. The van der Waals surface area contributed by atoms with E-state index in [0.717, 1.165) is 22.5 Å². The van der Waals surface area contributed by atoms with Crippen molar-refractivity contribution in [3.8, 4) is 17.1 Å². The van der Waals surface area contributed by atoms with Crippen molar-refractivity contribution >= 4 is 17.1 Å². The normalized spacial score (nSPS) is 10.8. The van der Waals surface area contributed by atoms with Crippen LogP contribution < -0.4 is 0 Å². The van der Waals surface area contributed by atoms with E-state index in [1.165, 1.54) is 22.9 Å². The van der Waals surface area contributed by atoms with Crippen molar-refractivity contribution in [3.05, 3.63) is 102 Å². The van der Waals surface area contributed by atoms with Crippen LogP contribution in [0.15, 0.2) is 71.4 Å². The third kappa shape index (κ3) is 6.24. The van der Waals surface area contributed by atoms with Crippen molar-refractivity contribution < 1.29 is 34.4 Å². The summed E-state index contributed by atoms with van der Waals surface area (Å²) in [5.74, 6) is 1.42. The molecule has 0 aliphatic rings. The number of carbonyl (C=O) groups is 1. The van der Waals surface area contributed by atoms with E-state index in [1.54, 1.807) is 18.2 Å². The number of para-hydroxylation sites is 1. The number of oxazole rings is 1. The zero-order valence-corrected chi connectivity index (χ0v) is 23.8. The van der Waals surface area contributed by atoms with Gasteiger partial charge < -0.3 is 18.9 Å². The maximum absolute atomic E-state index is 10.2. The smallest absolute Gasteiger partial charge is 0.247 e. The molecule has 37 heavy (non-hydrogen) atoms. The van der Waals surface area contributed by atoms with Gasteiger partial charge in [0.2, 0.25) is 5.97 Å². The molecule has 3 aromatic carbocycles. The summed E-state index contributed by atoms with van der Waals surface area (Å²) in [6, 6.07) is 22.8. The number of aromatic nitrogens is 3. The maximum atomic E-state index is 10.2. The number of nitrogens with zero attached hydrogens (tertiary/aromatic N) is 3. The summed E-state index contributed by atoms with van der Waals surface area (Å²) in [6.45, 7) is 10.8. The number of aryl methyl sites for hydroxylation is 1. The van der Waals surface area contributed by atoms with Crippen LogP contribution in [-0.4, -0.2) is 25.6 Å². The fourth-order valence-corrected chi connectivity index (χ4v) is 4.12. The minimum atomic E-state index is -0.935. The van der Waals surface area contributed by atoms with Gasteiger partial charge in [0.25, 0.3) is 0 Å². The molecule has 7 heteroatoms. The molecule has 1 radical (unpaired) electrons. The Balaban J connectivity index is 0.000000324. The Hall–Kier alpha value is -3.54. The monoisotopic (exact) mass is 672 g/mol. The van der Waals surface area contributed by atoms with E-state index in [1.807, 2.05) is 31.5 Å². The molecule has 0 spiro atoms. The minimum Gasteiger partial charge on any atom is -0.521 e. The van der Waals surface area contributed by atoms with E-state index in [-0.39, 0.29) is 25.7 Å². The first-order valence-electron chi connectivity index (χ1n) is 11.9. The van der Waals surface area contributed by atoms with Crippen LogP contribution in [0.25, 0.3) is 28.2 Å². The first kappa shape index (κ1) is 28.0. The summed E-state index contributed by atoms with van der Waals surface area (Å²) >= 11 is 0. The van der Waals surface area contributed by atoms with E-state index in [2.05, 4.69) is 72.6 Å². The molecule has 5 aromatic rings. The number of imidazole rings is 1. The zero-order valence-electron chi connectivity index (χ0n) is 21.4. The molecule has 5 rings (SSSR count). The second-order valence-electron chi connectivity index (χ2n) is 9.13. The molecule has 0 bridgehead atoms. The Morgan fingerprint density at radius 2 is 1.73 bits per heavy atom. The number of carboxylic acid groups (broad SMARTS) is 1. The number of aromatic carboxylic acids is 1. The SMILES string of the molecule is Cc1nc2cc(-c3nccn3-c3c(C(C)C)cccc3C(C)C)[c-]cc2o1.O=C(O)c1[c-]cccc1.[Ir]. The number of benzene rings is 3. The summed E-state index contributed by atoms with van der Waals surface area (Å²) in [6.07, 6.45) is 3.89. The third-order valence-electron chi connectivity index (χ3n) is 5.83. The van der Waals surface area contributed by atoms with Crippen molar-refractivity contribution in [2.45, 2.75) is 46.5 Å². The molecule has 0 atom stereocenters. The van der Waals surface area contributed by atoms with Crippen molar-refractivity contribution in [2.75, 3.05) is 0 Å². The maximum Gasteiger partial charge on any atom is 0.247 e. The topological polar surface area (TPSA) is 81.2 Å². The number of hydrogen-bond acceptors (Lipinski definition) is 4. The number of carboxylic acids is 1. The summed E-state index contributed by atoms with van der Waals surface area (Å²) in [5, 5.41) is 8.35. The Morgan fingerprint density at radius 3 is 2.30 bits per heavy atom. The predicted molar refractivity (Wildman–Crippen MR) is 141 cm³/mol. The van der Waals surface area contributed by atoms with E-state index >= 15 is 0 Å². The van der Waals surface area contributed by atoms with Gasteiger partial charge >= 0.3 is 0 Å². The molecule has 0 unspecified atom stereocenters. The van der Waals surface area contributed by atoms with Crippen LogP contribution in [-0.2, 0) is 20.1 Å². The first-order valence-corrected chi connectivity index (χ1v) is 11.9. The Morgan fingerprint density at radius 1 is 1.03 bits per heavy atom. The van der Waals surface area contributed by atoms with Crippen LogP contribution in [0.2, 0.25) is 0 Å². The molecular weight excluding hydrogens is 643 g/mol. The molecule has 0 amide bonds. The van der Waals surface area contributed by atoms with Crippen molar-refractivity contribution in [1.82, 2.24) is 14.5 Å². The molecule has 0 fully saturated rings. The Labute approximate surface area is 230 Å². The molecule has 0 saturated carbocycles. The van der Waals surface area contributed by atoms with Gasteiger partial charge in [-0.3, -0.25) is 4.98 Å². The van der Waals surface area contributed by atoms with Gasteiger partial charge in [0.15, 0.2) is 5.89 Å². The summed E-state index contributed by atoms with van der Waals surface area (Å²) < 4.78 is 7.78. The number of hydrogen-bond donors (Lipinski definition) is 1. The van der Waals surface area contributed by atoms with E-state index in [0.29, 0.717) is 17.7 Å². The van der Waals surface area contributed by atoms with Crippen LogP contribution in [0, 0.1) is 19.1 Å². The summed E-state index contributed by atoms with van der Waals surface area (Å²) in [5.41, 5.74) is 6.56. The van der Waals surface area contributed by atoms with Gasteiger partial charge in [-0.25, -0.2) is 4.98 Å². The van der Waals surface area contributed by atoms with Crippen molar-refractivity contribution in [2.24, 2.45) is 0 Å². The van der Waals surface area contributed by atoms with E-state index < -0.39 is 5.97 Å². The average Bonchev–Trinajstić information content (AvgIpc) is 3.49. The molecule has 6 nitrogen and oxygen atoms in total. The molecule has 0 aliphatic carbocycles. The zero-order chi connectivity index (χ0) is 25.8. The molecule has 1 N–H and O–H groups in total. The van der Waals surface area contributed by atoms with Gasteiger partial charge in [-0.05, 0) is 23.0 Å². The average molecular weight is 672 g/mol. The molecule has 0 saturated heterocycles. The van der Waals surface area contributed by atoms with Gasteiger partial charge in [0.1, 0.15) is 0 Å². The molecule has 2 aromatic heterocycles. The van der Waals surface area contributed by atoms with Crippen LogP contribution in [0.1, 0.15) is 66.9 Å². The predicted octanol–water partition coefficient (Wildman–Crippen LogP) is 7.22. The van der Waals surface area contributed by atoms with Crippen molar-refractivity contribution in [1.29, 1.82) is 0 Å². The Bertz CT molecular complexity index is 1460. The van der Waals surface area contributed by atoms with Gasteiger partial charge in [-0.2, -0.15) is 0 Å². The summed E-state index contributed by atoms with van der Waals surface area (Å²) in [4.78, 5) is 19.3. The summed E-state index contributed by atoms with van der Waals surface area (Å²) in [7, 11) is 0. The number of fused-ring (bicyclic) bond motifs is 1. The number of rotatable bonds is 5. The fraction of sp³-hybridized carbons (Fsp3) is 0.233. The van der Waals surface area contributed by atoms with E-state index in [4.69, 9.17) is 9.52 Å². The van der Waals surface area contributed by atoms with Gasteiger partial charge in [-0.1, -0.05) is 51.5 Å². The first-order chi connectivity index (χ1) is 17.3. The third-order valence-corrected chi connectivity index (χ3v) is 5.83. The molecule has 193 valence electrons. The van der Waals surface area contributed by atoms with Gasteiger partial charge in [0, 0.05) is 50.6 Å². The second-order valence-corrected chi connectivity index (χ2v) is 9.13. The largest absolute Gasteiger partial charge is 0.521 e. The van der Waals surface area contributed by atoms with Gasteiger partial charge in [0.05, 0.1) is 11.4 Å². The standard InChI is InChI=1S/C23H24N3O.C7H5O2.Ir/c1-14(2)18-7-6-8-19(15(3)4)22(18)26-12-11-24-23(26)17-9-10-21-20(13-17)25-16(5)27-21;8-7(9)6-4-2-1-3-5-6;/h6-8,10-15H,1-5H3;1-4H,(H,8,9);/q2*-1;. The second kappa shape index (κ2) is 12.1. The quantitative estimate of drug-likeness (QED) is 0.200. The molecular formula is C30H29IrN3O3-2. The van der Waals surface area contributed by atoms with Crippen molar-refractivity contribution in [3.63, 3.8) is 0 Å². The van der Waals surface area contributed by atoms with Crippen LogP contribution in [0.4, 0.5) is 0 Å². The van der Waals surface area contributed by atoms with E-state index in [9.17, 15) is 4.79 Å². The minimum absolute atomic E-state index is 0. The van der Waals surface area contributed by atoms with Crippen LogP contribution in [0.3, 0.4) is 0 Å².